The van der Waals surface area contributed by atoms with Crippen LogP contribution in [0.15, 0.2) is 36.9 Å². The maximum absolute atomic E-state index is 5.34. The molecule has 2 aromatic heterocycles. The van der Waals surface area contributed by atoms with Gasteiger partial charge in [-0.05, 0) is 18.2 Å². The molecule has 2 aromatic rings. The van der Waals surface area contributed by atoms with Crippen molar-refractivity contribution in [1.29, 1.82) is 0 Å². The molecule has 0 bridgehead atoms. The van der Waals surface area contributed by atoms with Crippen molar-refractivity contribution in [3.05, 3.63) is 42.6 Å². The van der Waals surface area contributed by atoms with Gasteiger partial charge in [-0.15, -0.1) is 0 Å². The molecule has 3 heterocycles. The fraction of sp³-hybridized carbons (Fsp3) is 0.357. The standard InChI is InChI=1S/C14H17N5O/c1-2-14(19-5-7-20-8-6-19)17-10-12(1)16-9-13-3-4-15-11-18-13/h1-4,10-11,16H,5-9H2. The molecule has 0 saturated carbocycles. The maximum Gasteiger partial charge on any atom is 0.128 e. The quantitative estimate of drug-likeness (QED) is 0.905. The predicted octanol–water partition coefficient (Wildman–Crippen LogP) is 1.32. The summed E-state index contributed by atoms with van der Waals surface area (Å²) in [6.07, 6.45) is 5.15. The molecule has 6 heteroatoms. The topological polar surface area (TPSA) is 63.2 Å². The molecule has 0 aliphatic carbocycles. The van der Waals surface area contributed by atoms with E-state index in [1.54, 1.807) is 12.5 Å². The van der Waals surface area contributed by atoms with Crippen LogP contribution in [0.3, 0.4) is 0 Å². The third-order valence-corrected chi connectivity index (χ3v) is 3.20. The van der Waals surface area contributed by atoms with Crippen molar-refractivity contribution in [1.82, 2.24) is 15.0 Å². The van der Waals surface area contributed by atoms with Crippen LogP contribution in [0.25, 0.3) is 0 Å². The fourth-order valence-corrected chi connectivity index (χ4v) is 2.09. The highest BCUT2D eigenvalue weighted by Gasteiger charge is 2.11. The number of nitrogens with zero attached hydrogens (tertiary/aromatic N) is 4. The summed E-state index contributed by atoms with van der Waals surface area (Å²) in [7, 11) is 0. The van der Waals surface area contributed by atoms with Gasteiger partial charge in [0.25, 0.3) is 0 Å². The number of hydrogen-bond donors (Lipinski definition) is 1. The van der Waals surface area contributed by atoms with Crippen LogP contribution < -0.4 is 10.2 Å². The molecule has 1 N–H and O–H groups in total. The fourth-order valence-electron chi connectivity index (χ4n) is 2.09. The van der Waals surface area contributed by atoms with E-state index >= 15 is 0 Å². The molecule has 1 aliphatic rings. The van der Waals surface area contributed by atoms with Gasteiger partial charge in [0.2, 0.25) is 0 Å². The van der Waals surface area contributed by atoms with Crippen molar-refractivity contribution in [3.63, 3.8) is 0 Å². The van der Waals surface area contributed by atoms with E-state index in [1.807, 2.05) is 24.4 Å². The lowest BCUT2D eigenvalue weighted by Gasteiger charge is -2.27. The zero-order chi connectivity index (χ0) is 13.6. The number of ether oxygens (including phenoxy) is 1. The lowest BCUT2D eigenvalue weighted by Crippen LogP contribution is -2.36. The molecule has 0 spiro atoms. The first-order valence-electron chi connectivity index (χ1n) is 6.69. The van der Waals surface area contributed by atoms with Crippen molar-refractivity contribution in [2.75, 3.05) is 36.5 Å². The first kappa shape index (κ1) is 12.8. The second kappa shape index (κ2) is 6.29. The van der Waals surface area contributed by atoms with Gasteiger partial charge in [0.05, 0.1) is 37.3 Å². The second-order valence-corrected chi connectivity index (χ2v) is 4.56. The number of pyridine rings is 1. The predicted molar refractivity (Wildman–Crippen MR) is 76.6 cm³/mol. The highest BCUT2D eigenvalue weighted by molar-refractivity contribution is 5.48. The van der Waals surface area contributed by atoms with Gasteiger partial charge in [-0.3, -0.25) is 0 Å². The van der Waals surface area contributed by atoms with Gasteiger partial charge in [-0.25, -0.2) is 15.0 Å². The van der Waals surface area contributed by atoms with Crippen molar-refractivity contribution in [2.45, 2.75) is 6.54 Å². The van der Waals surface area contributed by atoms with E-state index in [1.165, 1.54) is 0 Å². The van der Waals surface area contributed by atoms with Gasteiger partial charge in [0, 0.05) is 19.3 Å². The largest absolute Gasteiger partial charge is 0.378 e. The summed E-state index contributed by atoms with van der Waals surface area (Å²) in [6.45, 7) is 4.02. The zero-order valence-electron chi connectivity index (χ0n) is 11.2. The Morgan fingerprint density at radius 2 is 2.05 bits per heavy atom. The first-order valence-corrected chi connectivity index (χ1v) is 6.69. The molecule has 0 amide bonds. The van der Waals surface area contributed by atoms with Crippen LogP contribution in [0.1, 0.15) is 5.69 Å². The van der Waals surface area contributed by atoms with Gasteiger partial charge in [-0.1, -0.05) is 0 Å². The van der Waals surface area contributed by atoms with E-state index in [0.717, 1.165) is 43.5 Å². The van der Waals surface area contributed by atoms with E-state index in [4.69, 9.17) is 4.74 Å². The normalized spacial score (nSPS) is 15.1. The van der Waals surface area contributed by atoms with Gasteiger partial charge in [0.1, 0.15) is 12.1 Å². The summed E-state index contributed by atoms with van der Waals surface area (Å²) >= 11 is 0. The molecule has 0 atom stereocenters. The Morgan fingerprint density at radius 1 is 1.15 bits per heavy atom. The second-order valence-electron chi connectivity index (χ2n) is 4.56. The molecule has 1 fully saturated rings. The van der Waals surface area contributed by atoms with Crippen LogP contribution in [0.2, 0.25) is 0 Å². The number of rotatable bonds is 4. The number of morpholine rings is 1. The highest BCUT2D eigenvalue weighted by atomic mass is 16.5. The highest BCUT2D eigenvalue weighted by Crippen LogP contribution is 2.15. The maximum atomic E-state index is 5.34. The van der Waals surface area contributed by atoms with Crippen molar-refractivity contribution < 1.29 is 4.74 Å². The van der Waals surface area contributed by atoms with Crippen LogP contribution >= 0.6 is 0 Å². The van der Waals surface area contributed by atoms with E-state index in [9.17, 15) is 0 Å². The minimum atomic E-state index is 0.668. The van der Waals surface area contributed by atoms with Crippen molar-refractivity contribution in [3.8, 4) is 0 Å². The summed E-state index contributed by atoms with van der Waals surface area (Å²) in [5.41, 5.74) is 1.94. The van der Waals surface area contributed by atoms with Crippen molar-refractivity contribution in [2.24, 2.45) is 0 Å². The molecule has 104 valence electrons. The Morgan fingerprint density at radius 3 is 2.75 bits per heavy atom. The smallest absolute Gasteiger partial charge is 0.128 e. The lowest BCUT2D eigenvalue weighted by atomic mass is 10.3. The molecule has 0 unspecified atom stereocenters. The molecule has 1 saturated heterocycles. The monoisotopic (exact) mass is 271 g/mol. The summed E-state index contributed by atoms with van der Waals surface area (Å²) < 4.78 is 5.34. The van der Waals surface area contributed by atoms with E-state index < -0.39 is 0 Å². The average molecular weight is 271 g/mol. The Hall–Kier alpha value is -2.21. The number of aromatic nitrogens is 3. The summed E-state index contributed by atoms with van der Waals surface area (Å²) in [4.78, 5) is 14.8. The molecule has 0 aromatic carbocycles. The van der Waals surface area contributed by atoms with E-state index in [0.29, 0.717) is 6.54 Å². The molecular formula is C14H17N5O. The molecule has 0 radical (unpaired) electrons. The average Bonchev–Trinajstić information content (AvgIpc) is 2.55. The van der Waals surface area contributed by atoms with Crippen molar-refractivity contribution >= 4 is 11.5 Å². The van der Waals surface area contributed by atoms with Crippen LogP contribution in [0, 0.1) is 0 Å². The van der Waals surface area contributed by atoms with Crippen LogP contribution in [0.5, 0.6) is 0 Å². The van der Waals surface area contributed by atoms with Gasteiger partial charge in [-0.2, -0.15) is 0 Å². The Balaban J connectivity index is 1.58. The summed E-state index contributed by atoms with van der Waals surface area (Å²) in [5, 5.41) is 3.30. The van der Waals surface area contributed by atoms with Gasteiger partial charge >= 0.3 is 0 Å². The summed E-state index contributed by atoms with van der Waals surface area (Å²) in [6, 6.07) is 5.97. The van der Waals surface area contributed by atoms with E-state index in [-0.39, 0.29) is 0 Å². The first-order chi connectivity index (χ1) is 9.92. The van der Waals surface area contributed by atoms with Gasteiger partial charge in [0.15, 0.2) is 0 Å². The number of nitrogens with one attached hydrogen (secondary N) is 1. The minimum Gasteiger partial charge on any atom is -0.378 e. The SMILES string of the molecule is c1cc(CNc2ccc(N3CCOCC3)nc2)ncn1. The molecule has 1 aliphatic heterocycles. The van der Waals surface area contributed by atoms with Crippen LogP contribution in [-0.4, -0.2) is 41.3 Å². The third-order valence-electron chi connectivity index (χ3n) is 3.20. The third kappa shape index (κ3) is 3.21. The molecular weight excluding hydrogens is 254 g/mol. The van der Waals surface area contributed by atoms with Crippen LogP contribution in [-0.2, 0) is 11.3 Å². The Kier molecular flexibility index (Phi) is 4.03. The van der Waals surface area contributed by atoms with E-state index in [2.05, 4.69) is 25.2 Å². The lowest BCUT2D eigenvalue weighted by molar-refractivity contribution is 0.122. The van der Waals surface area contributed by atoms with Gasteiger partial charge < -0.3 is 15.0 Å². The minimum absolute atomic E-state index is 0.668. The Labute approximate surface area is 117 Å². The van der Waals surface area contributed by atoms with Crippen LogP contribution in [0.4, 0.5) is 11.5 Å². The summed E-state index contributed by atoms with van der Waals surface area (Å²) in [5.74, 6) is 1.00. The molecule has 6 nitrogen and oxygen atoms in total. The zero-order valence-corrected chi connectivity index (χ0v) is 11.2. The molecule has 3 rings (SSSR count). The Bertz CT molecular complexity index is 525. The number of hydrogen-bond acceptors (Lipinski definition) is 6. The molecule has 20 heavy (non-hydrogen) atoms. The number of anilines is 2.